The molecule has 0 saturated heterocycles. The van der Waals surface area contributed by atoms with Crippen molar-refractivity contribution in [1.82, 2.24) is 0 Å². The summed E-state index contributed by atoms with van der Waals surface area (Å²) in [4.78, 5) is 5.19. The Morgan fingerprint density at radius 2 is 2.00 bits per heavy atom. The predicted molar refractivity (Wildman–Crippen MR) is 84.5 cm³/mol. The molecule has 0 heterocycles. The summed E-state index contributed by atoms with van der Waals surface area (Å²) in [5.74, 6) is 1.18. The number of rotatable bonds is 11. The Hall–Kier alpha value is -0.540. The van der Waals surface area contributed by atoms with E-state index in [1.807, 2.05) is 18.0 Å². The largest absolute Gasteiger partial charge is 0.385 e. The minimum Gasteiger partial charge on any atom is -0.385 e. The van der Waals surface area contributed by atoms with Crippen LogP contribution < -0.4 is 0 Å². The number of allylic oxidation sites excluding steroid dienone is 2. The van der Waals surface area contributed by atoms with Crippen LogP contribution in [-0.4, -0.2) is 26.2 Å². The Labute approximate surface area is 117 Å². The number of hydrogen-bond donors (Lipinski definition) is 0. The number of ether oxygens (including phenoxy) is 1. The Morgan fingerprint density at radius 3 is 2.61 bits per heavy atom. The molecule has 0 bridgehead atoms. The van der Waals surface area contributed by atoms with Crippen LogP contribution in [0.2, 0.25) is 0 Å². The minimum atomic E-state index is 0.890. The lowest BCUT2D eigenvalue weighted by molar-refractivity contribution is 0.192. The second-order valence-corrected chi connectivity index (χ2v) is 5.36. The lowest BCUT2D eigenvalue weighted by Crippen LogP contribution is -1.90. The SMILES string of the molecule is C=N/C=C(C)\C(=C\CC)SCCCCCCOC. The van der Waals surface area contributed by atoms with Gasteiger partial charge in [0.05, 0.1) is 0 Å². The first-order valence-electron chi connectivity index (χ1n) is 6.71. The van der Waals surface area contributed by atoms with Gasteiger partial charge in [0, 0.05) is 24.8 Å². The normalized spacial score (nSPS) is 12.8. The first kappa shape index (κ1) is 17.5. The van der Waals surface area contributed by atoms with E-state index in [0.29, 0.717) is 0 Å². The summed E-state index contributed by atoms with van der Waals surface area (Å²) in [6.07, 6.45) is 10.2. The molecule has 0 aromatic carbocycles. The fourth-order valence-corrected chi connectivity index (χ4v) is 2.74. The Morgan fingerprint density at radius 1 is 1.28 bits per heavy atom. The lowest BCUT2D eigenvalue weighted by Gasteiger charge is -2.07. The molecule has 0 spiro atoms. The molecule has 0 radical (unpaired) electrons. The summed E-state index contributed by atoms with van der Waals surface area (Å²) < 4.78 is 5.04. The topological polar surface area (TPSA) is 21.6 Å². The van der Waals surface area contributed by atoms with Crippen molar-refractivity contribution in [3.63, 3.8) is 0 Å². The highest BCUT2D eigenvalue weighted by Gasteiger charge is 2.00. The van der Waals surface area contributed by atoms with Crippen LogP contribution in [0.5, 0.6) is 0 Å². The van der Waals surface area contributed by atoms with E-state index < -0.39 is 0 Å². The van der Waals surface area contributed by atoms with Gasteiger partial charge in [0.25, 0.3) is 0 Å². The molecular formula is C15H27NOS. The maximum Gasteiger partial charge on any atom is 0.0462 e. The summed E-state index contributed by atoms with van der Waals surface area (Å²) in [5.41, 5.74) is 1.22. The molecule has 0 saturated carbocycles. The molecule has 0 rings (SSSR count). The Bertz CT molecular complexity index is 272. The molecule has 0 aliphatic carbocycles. The lowest BCUT2D eigenvalue weighted by atomic mass is 10.2. The van der Waals surface area contributed by atoms with E-state index in [1.54, 1.807) is 7.11 Å². The van der Waals surface area contributed by atoms with Gasteiger partial charge in [0.15, 0.2) is 0 Å². The Kier molecular flexibility index (Phi) is 12.5. The maximum atomic E-state index is 5.04. The smallest absolute Gasteiger partial charge is 0.0462 e. The summed E-state index contributed by atoms with van der Waals surface area (Å²) in [5, 5.41) is 0. The highest BCUT2D eigenvalue weighted by molar-refractivity contribution is 8.03. The number of hydrogen-bond acceptors (Lipinski definition) is 3. The van der Waals surface area contributed by atoms with Crippen molar-refractivity contribution in [2.75, 3.05) is 19.5 Å². The van der Waals surface area contributed by atoms with Gasteiger partial charge in [0.1, 0.15) is 0 Å². The van der Waals surface area contributed by atoms with Gasteiger partial charge < -0.3 is 4.74 Å². The molecule has 0 aliphatic heterocycles. The van der Waals surface area contributed by atoms with Crippen LogP contribution in [0.4, 0.5) is 0 Å². The standard InChI is InChI=1S/C15H27NOS/c1-5-10-15(14(2)13-16-3)18-12-9-7-6-8-11-17-4/h10,13H,3,5-9,11-12H2,1-2,4H3/b14-13-,15-10-. The van der Waals surface area contributed by atoms with E-state index in [0.717, 1.165) is 13.0 Å². The molecule has 0 aliphatic rings. The van der Waals surface area contributed by atoms with Crippen molar-refractivity contribution in [3.05, 3.63) is 22.8 Å². The second-order valence-electron chi connectivity index (χ2n) is 4.23. The zero-order valence-corrected chi connectivity index (χ0v) is 12.9. The van der Waals surface area contributed by atoms with Gasteiger partial charge in [-0.1, -0.05) is 25.8 Å². The van der Waals surface area contributed by atoms with Crippen LogP contribution in [0.15, 0.2) is 27.7 Å². The maximum absolute atomic E-state index is 5.04. The van der Waals surface area contributed by atoms with Gasteiger partial charge >= 0.3 is 0 Å². The van der Waals surface area contributed by atoms with E-state index in [1.165, 1.54) is 41.9 Å². The summed E-state index contributed by atoms with van der Waals surface area (Å²) in [7, 11) is 1.76. The number of unbranched alkanes of at least 4 members (excludes halogenated alkanes) is 3. The first-order valence-corrected chi connectivity index (χ1v) is 7.69. The zero-order valence-electron chi connectivity index (χ0n) is 12.1. The van der Waals surface area contributed by atoms with Crippen molar-refractivity contribution in [2.45, 2.75) is 46.0 Å². The molecule has 0 atom stereocenters. The van der Waals surface area contributed by atoms with Crippen LogP contribution >= 0.6 is 11.8 Å². The third-order valence-electron chi connectivity index (χ3n) is 2.56. The van der Waals surface area contributed by atoms with E-state index in [2.05, 4.69) is 31.6 Å². The number of methoxy groups -OCH3 is 1. The fraction of sp³-hybridized carbons (Fsp3) is 0.667. The van der Waals surface area contributed by atoms with Crippen LogP contribution in [0.1, 0.15) is 46.0 Å². The molecule has 0 fully saturated rings. The second kappa shape index (κ2) is 12.9. The van der Waals surface area contributed by atoms with Gasteiger partial charge in [-0.2, -0.15) is 0 Å². The molecule has 18 heavy (non-hydrogen) atoms. The predicted octanol–water partition coefficient (Wildman–Crippen LogP) is 4.82. The number of nitrogens with zero attached hydrogens (tertiary/aromatic N) is 1. The van der Waals surface area contributed by atoms with Crippen molar-refractivity contribution in [3.8, 4) is 0 Å². The van der Waals surface area contributed by atoms with Crippen molar-refractivity contribution in [1.29, 1.82) is 0 Å². The quantitative estimate of drug-likeness (QED) is 0.304. The fourth-order valence-electron chi connectivity index (χ4n) is 1.60. The summed E-state index contributed by atoms with van der Waals surface area (Å²) in [6, 6.07) is 0. The average Bonchev–Trinajstić information content (AvgIpc) is 2.36. The molecule has 0 unspecified atom stereocenters. The third-order valence-corrected chi connectivity index (χ3v) is 3.86. The molecule has 0 aromatic heterocycles. The zero-order chi connectivity index (χ0) is 13.6. The van der Waals surface area contributed by atoms with Crippen molar-refractivity contribution >= 4 is 18.5 Å². The van der Waals surface area contributed by atoms with Gasteiger partial charge in [0.2, 0.25) is 0 Å². The summed E-state index contributed by atoms with van der Waals surface area (Å²) in [6.45, 7) is 8.66. The van der Waals surface area contributed by atoms with E-state index >= 15 is 0 Å². The average molecular weight is 269 g/mol. The van der Waals surface area contributed by atoms with Crippen LogP contribution in [-0.2, 0) is 4.74 Å². The number of thioether (sulfide) groups is 1. The summed E-state index contributed by atoms with van der Waals surface area (Å²) >= 11 is 1.93. The highest BCUT2D eigenvalue weighted by Crippen LogP contribution is 2.25. The van der Waals surface area contributed by atoms with E-state index in [-0.39, 0.29) is 0 Å². The molecule has 2 nitrogen and oxygen atoms in total. The monoisotopic (exact) mass is 269 g/mol. The minimum absolute atomic E-state index is 0.890. The molecule has 0 aromatic rings. The molecule has 104 valence electrons. The molecule has 3 heteroatoms. The Balaban J connectivity index is 3.82. The van der Waals surface area contributed by atoms with Crippen LogP contribution in [0.3, 0.4) is 0 Å². The van der Waals surface area contributed by atoms with E-state index in [9.17, 15) is 0 Å². The van der Waals surface area contributed by atoms with Gasteiger partial charge in [-0.25, -0.2) is 0 Å². The first-order chi connectivity index (χ1) is 8.76. The molecular weight excluding hydrogens is 242 g/mol. The van der Waals surface area contributed by atoms with E-state index in [4.69, 9.17) is 4.74 Å². The van der Waals surface area contributed by atoms with Gasteiger partial charge in [-0.3, -0.25) is 4.99 Å². The highest BCUT2D eigenvalue weighted by atomic mass is 32.2. The van der Waals surface area contributed by atoms with Crippen molar-refractivity contribution in [2.24, 2.45) is 4.99 Å². The number of aliphatic imine (C=N–C) groups is 1. The molecule has 0 N–H and O–H groups in total. The van der Waals surface area contributed by atoms with Gasteiger partial charge in [-0.05, 0) is 44.2 Å². The van der Waals surface area contributed by atoms with Gasteiger partial charge in [-0.15, -0.1) is 11.8 Å². The molecule has 0 amide bonds. The van der Waals surface area contributed by atoms with Crippen LogP contribution in [0, 0.1) is 0 Å². The van der Waals surface area contributed by atoms with Crippen molar-refractivity contribution < 1.29 is 4.74 Å². The third kappa shape index (κ3) is 9.49. The van der Waals surface area contributed by atoms with Crippen LogP contribution in [0.25, 0.3) is 0 Å².